The normalized spacial score (nSPS) is 11.3. The molecule has 0 fully saturated rings. The van der Waals surface area contributed by atoms with E-state index in [1.165, 1.54) is 31.4 Å². The molecule has 7 nitrogen and oxygen atoms in total. The van der Waals surface area contributed by atoms with Crippen molar-refractivity contribution in [3.63, 3.8) is 0 Å². The Morgan fingerprint density at radius 3 is 2.32 bits per heavy atom. The van der Waals surface area contributed by atoms with Gasteiger partial charge < -0.3 is 4.74 Å². The van der Waals surface area contributed by atoms with Gasteiger partial charge in [-0.1, -0.05) is 0 Å². The first kappa shape index (κ1) is 15.5. The highest BCUT2D eigenvalue weighted by Crippen LogP contribution is 2.35. The zero-order valence-corrected chi connectivity index (χ0v) is 11.0. The standard InChI is InChI=1S/C12H8F3N3O4/c1-22-11(19)7-2-4-8(5-3-7)17-6-9(18(20)21)10(16-17)12(13,14)15/h2-6H,1H3. The molecule has 116 valence electrons. The molecule has 0 radical (unpaired) electrons. The number of rotatable bonds is 3. The summed E-state index contributed by atoms with van der Waals surface area (Å²) in [6, 6.07) is 5.20. The number of benzene rings is 1. The van der Waals surface area contributed by atoms with Gasteiger partial charge in [-0.15, -0.1) is 0 Å². The topological polar surface area (TPSA) is 87.3 Å². The van der Waals surface area contributed by atoms with Crippen LogP contribution in [0.1, 0.15) is 16.1 Å². The van der Waals surface area contributed by atoms with Gasteiger partial charge in [-0.2, -0.15) is 18.3 Å². The van der Waals surface area contributed by atoms with Crippen LogP contribution >= 0.6 is 0 Å². The summed E-state index contributed by atoms with van der Waals surface area (Å²) in [5.41, 5.74) is -2.42. The minimum atomic E-state index is -4.94. The molecular formula is C12H8F3N3O4. The number of nitrogens with zero attached hydrogens (tertiary/aromatic N) is 3. The highest BCUT2D eigenvalue weighted by Gasteiger charge is 2.42. The van der Waals surface area contributed by atoms with E-state index in [1.807, 2.05) is 0 Å². The number of aromatic nitrogens is 2. The molecule has 0 N–H and O–H groups in total. The predicted molar refractivity (Wildman–Crippen MR) is 66.6 cm³/mol. The molecule has 0 unspecified atom stereocenters. The van der Waals surface area contributed by atoms with Crippen LogP contribution in [-0.2, 0) is 10.9 Å². The third kappa shape index (κ3) is 2.90. The summed E-state index contributed by atoms with van der Waals surface area (Å²) in [5, 5.41) is 13.9. The molecule has 0 saturated carbocycles. The molecule has 0 saturated heterocycles. The molecule has 0 aliphatic heterocycles. The molecule has 0 bridgehead atoms. The van der Waals surface area contributed by atoms with E-state index in [9.17, 15) is 28.1 Å². The minimum Gasteiger partial charge on any atom is -0.465 e. The Morgan fingerprint density at radius 2 is 1.91 bits per heavy atom. The van der Waals surface area contributed by atoms with Crippen molar-refractivity contribution in [3.8, 4) is 5.69 Å². The predicted octanol–water partition coefficient (Wildman–Crippen LogP) is 2.59. The van der Waals surface area contributed by atoms with Crippen molar-refractivity contribution < 1.29 is 27.6 Å². The van der Waals surface area contributed by atoms with Crippen molar-refractivity contribution in [2.75, 3.05) is 7.11 Å². The number of hydrogen-bond donors (Lipinski definition) is 0. The first-order valence-corrected chi connectivity index (χ1v) is 5.74. The quantitative estimate of drug-likeness (QED) is 0.493. The number of carbonyl (C=O) groups excluding carboxylic acids is 1. The maximum Gasteiger partial charge on any atom is 0.442 e. The zero-order valence-electron chi connectivity index (χ0n) is 11.0. The highest BCUT2D eigenvalue weighted by atomic mass is 19.4. The number of hydrogen-bond acceptors (Lipinski definition) is 5. The number of alkyl halides is 3. The lowest BCUT2D eigenvalue weighted by Crippen LogP contribution is -2.09. The van der Waals surface area contributed by atoms with Gasteiger partial charge in [-0.3, -0.25) is 10.1 Å². The lowest BCUT2D eigenvalue weighted by atomic mass is 10.2. The number of ether oxygens (including phenoxy) is 1. The first-order valence-electron chi connectivity index (χ1n) is 5.74. The second-order valence-electron chi connectivity index (χ2n) is 4.10. The van der Waals surface area contributed by atoms with E-state index in [0.29, 0.717) is 6.20 Å². The molecule has 1 heterocycles. The van der Waals surface area contributed by atoms with Gasteiger partial charge in [0.1, 0.15) is 6.20 Å². The van der Waals surface area contributed by atoms with Gasteiger partial charge in [-0.05, 0) is 24.3 Å². The average molecular weight is 315 g/mol. The number of esters is 1. The summed E-state index contributed by atoms with van der Waals surface area (Å²) in [5.74, 6) is -0.617. The molecule has 1 aromatic carbocycles. The molecule has 1 aromatic heterocycles. The molecule has 0 aliphatic rings. The fraction of sp³-hybridized carbons (Fsp3) is 0.167. The largest absolute Gasteiger partial charge is 0.465 e. The third-order valence-corrected chi connectivity index (χ3v) is 2.71. The van der Waals surface area contributed by atoms with Gasteiger partial charge >= 0.3 is 17.8 Å². The lowest BCUT2D eigenvalue weighted by molar-refractivity contribution is -0.388. The minimum absolute atomic E-state index is 0.131. The Bertz CT molecular complexity index is 722. The third-order valence-electron chi connectivity index (χ3n) is 2.71. The first-order chi connectivity index (χ1) is 10.2. The van der Waals surface area contributed by atoms with Gasteiger partial charge in [0, 0.05) is 0 Å². The molecule has 0 amide bonds. The van der Waals surface area contributed by atoms with Gasteiger partial charge in [0.05, 0.1) is 23.3 Å². The van der Waals surface area contributed by atoms with Crippen molar-refractivity contribution in [1.29, 1.82) is 0 Å². The number of carbonyl (C=O) groups is 1. The maximum absolute atomic E-state index is 12.7. The fourth-order valence-electron chi connectivity index (χ4n) is 1.70. The van der Waals surface area contributed by atoms with Crippen LogP contribution in [0.4, 0.5) is 18.9 Å². The smallest absolute Gasteiger partial charge is 0.442 e. The van der Waals surface area contributed by atoms with E-state index < -0.39 is 28.5 Å². The van der Waals surface area contributed by atoms with E-state index in [-0.39, 0.29) is 11.3 Å². The second kappa shape index (κ2) is 5.47. The Morgan fingerprint density at radius 1 is 1.32 bits per heavy atom. The van der Waals surface area contributed by atoms with Gasteiger partial charge in [0.2, 0.25) is 5.69 Å². The summed E-state index contributed by atoms with van der Waals surface area (Å²) in [6.45, 7) is 0. The van der Waals surface area contributed by atoms with Gasteiger partial charge in [0.15, 0.2) is 0 Å². The van der Waals surface area contributed by atoms with Crippen LogP contribution in [0.25, 0.3) is 5.69 Å². The van der Waals surface area contributed by atoms with Gasteiger partial charge in [0.25, 0.3) is 0 Å². The number of halogens is 3. The van der Waals surface area contributed by atoms with Crippen LogP contribution in [0.5, 0.6) is 0 Å². The number of nitro groups is 1. The fourth-order valence-corrected chi connectivity index (χ4v) is 1.70. The van der Waals surface area contributed by atoms with E-state index in [1.54, 1.807) is 0 Å². The van der Waals surface area contributed by atoms with Crippen LogP contribution in [0.3, 0.4) is 0 Å². The summed E-state index contributed by atoms with van der Waals surface area (Å²) < 4.78 is 43.3. The van der Waals surface area contributed by atoms with Crippen LogP contribution in [0.15, 0.2) is 30.5 Å². The Hall–Kier alpha value is -2.91. The van der Waals surface area contributed by atoms with E-state index >= 15 is 0 Å². The van der Waals surface area contributed by atoms with Crippen molar-refractivity contribution >= 4 is 11.7 Å². The molecular weight excluding hydrogens is 307 g/mol. The van der Waals surface area contributed by atoms with Crippen LogP contribution in [0, 0.1) is 10.1 Å². The van der Waals surface area contributed by atoms with E-state index in [0.717, 1.165) is 4.68 Å². The maximum atomic E-state index is 12.7. The Balaban J connectivity index is 2.45. The molecule has 2 aromatic rings. The Kier molecular flexibility index (Phi) is 3.85. The van der Waals surface area contributed by atoms with E-state index in [2.05, 4.69) is 9.84 Å². The van der Waals surface area contributed by atoms with Crippen molar-refractivity contribution in [2.24, 2.45) is 0 Å². The average Bonchev–Trinajstić information content (AvgIpc) is 2.92. The summed E-state index contributed by atoms with van der Waals surface area (Å²) in [6.07, 6.45) is -4.28. The second-order valence-corrected chi connectivity index (χ2v) is 4.10. The van der Waals surface area contributed by atoms with Gasteiger partial charge in [-0.25, -0.2) is 9.48 Å². The summed E-state index contributed by atoms with van der Waals surface area (Å²) in [4.78, 5) is 20.8. The van der Waals surface area contributed by atoms with Crippen LogP contribution in [0.2, 0.25) is 0 Å². The molecule has 0 aliphatic carbocycles. The monoisotopic (exact) mass is 315 g/mol. The molecule has 0 atom stereocenters. The van der Waals surface area contributed by atoms with Crippen molar-refractivity contribution in [3.05, 3.63) is 51.8 Å². The summed E-state index contributed by atoms with van der Waals surface area (Å²) in [7, 11) is 1.18. The molecule has 22 heavy (non-hydrogen) atoms. The lowest BCUT2D eigenvalue weighted by Gasteiger charge is -2.03. The molecule has 0 spiro atoms. The van der Waals surface area contributed by atoms with Crippen LogP contribution < -0.4 is 0 Å². The summed E-state index contributed by atoms with van der Waals surface area (Å²) >= 11 is 0. The van der Waals surface area contributed by atoms with Crippen molar-refractivity contribution in [2.45, 2.75) is 6.18 Å². The van der Waals surface area contributed by atoms with Crippen molar-refractivity contribution in [1.82, 2.24) is 9.78 Å². The zero-order chi connectivity index (χ0) is 16.5. The molecule has 2 rings (SSSR count). The van der Waals surface area contributed by atoms with E-state index in [4.69, 9.17) is 0 Å². The highest BCUT2D eigenvalue weighted by molar-refractivity contribution is 5.89. The number of methoxy groups -OCH3 is 1. The SMILES string of the molecule is COC(=O)c1ccc(-n2cc([N+](=O)[O-])c(C(F)(F)F)n2)cc1. The Labute approximate surface area is 121 Å². The molecule has 10 heteroatoms. The van der Waals surface area contributed by atoms with Crippen LogP contribution in [-0.4, -0.2) is 27.8 Å².